The second-order valence-corrected chi connectivity index (χ2v) is 4.29. The van der Waals surface area contributed by atoms with Gasteiger partial charge in [0.05, 0.1) is 24.6 Å². The largest absolute Gasteiger partial charge is 0.391 e. The van der Waals surface area contributed by atoms with Crippen LogP contribution >= 0.6 is 0 Å². The molecule has 1 aliphatic rings. The van der Waals surface area contributed by atoms with Crippen LogP contribution in [0, 0.1) is 0 Å². The van der Waals surface area contributed by atoms with Crippen molar-refractivity contribution in [3.05, 3.63) is 24.3 Å². The van der Waals surface area contributed by atoms with Gasteiger partial charge >= 0.3 is 0 Å². The van der Waals surface area contributed by atoms with Gasteiger partial charge in [-0.2, -0.15) is 4.98 Å². The number of benzene rings is 1. The van der Waals surface area contributed by atoms with Crippen molar-refractivity contribution in [1.82, 2.24) is 9.97 Å². The molecule has 1 aromatic heterocycles. The Kier molecular flexibility index (Phi) is 2.38. The van der Waals surface area contributed by atoms with Crippen molar-refractivity contribution in [2.24, 2.45) is 0 Å². The number of aliphatic hydroxyl groups is 1. The molecule has 1 aliphatic heterocycles. The molecule has 1 fully saturated rings. The van der Waals surface area contributed by atoms with Crippen molar-refractivity contribution in [2.75, 3.05) is 17.2 Å². The Morgan fingerprint density at radius 2 is 2.11 bits per heavy atom. The van der Waals surface area contributed by atoms with Crippen molar-refractivity contribution < 1.29 is 9.90 Å². The number of para-hydroxylation sites is 1. The van der Waals surface area contributed by atoms with Gasteiger partial charge in [0.2, 0.25) is 11.9 Å². The summed E-state index contributed by atoms with van der Waals surface area (Å²) in [6.45, 7) is 0.219. The number of carbonyl (C=O) groups excluding carboxylic acids is 1. The highest BCUT2D eigenvalue weighted by molar-refractivity contribution is 5.96. The fourth-order valence-electron chi connectivity index (χ4n) is 2.09. The van der Waals surface area contributed by atoms with Gasteiger partial charge in [-0.3, -0.25) is 9.69 Å². The molecule has 1 amide bonds. The Labute approximate surface area is 103 Å². The summed E-state index contributed by atoms with van der Waals surface area (Å²) in [5.41, 5.74) is 6.54. The van der Waals surface area contributed by atoms with Gasteiger partial charge in [-0.1, -0.05) is 12.1 Å². The van der Waals surface area contributed by atoms with E-state index in [2.05, 4.69) is 9.97 Å². The van der Waals surface area contributed by atoms with Crippen LogP contribution in [0.5, 0.6) is 0 Å². The number of anilines is 2. The minimum atomic E-state index is -0.659. The number of nitrogens with two attached hydrogens (primary N) is 1. The SMILES string of the molecule is Nc1nc(N2CC(O)CC2=O)nc2ccccc12. The number of rotatable bonds is 1. The summed E-state index contributed by atoms with van der Waals surface area (Å²) >= 11 is 0. The Morgan fingerprint density at radius 1 is 1.33 bits per heavy atom. The van der Waals surface area contributed by atoms with Crippen LogP contribution in [0.3, 0.4) is 0 Å². The maximum absolute atomic E-state index is 11.7. The van der Waals surface area contributed by atoms with Crippen LogP contribution in [0.15, 0.2) is 24.3 Å². The normalized spacial score (nSPS) is 19.7. The maximum atomic E-state index is 11.7. The summed E-state index contributed by atoms with van der Waals surface area (Å²) in [5, 5.41) is 10.2. The van der Waals surface area contributed by atoms with E-state index in [1.807, 2.05) is 24.3 Å². The predicted octanol–water partition coefficient (Wildman–Crippen LogP) is 0.310. The number of β-amino-alcohol motifs (C(OH)–C–C–N with tert-alkyl or cyclic N) is 1. The molecule has 6 heteroatoms. The zero-order valence-electron chi connectivity index (χ0n) is 9.58. The molecule has 1 unspecified atom stereocenters. The number of nitrogens with zero attached hydrogens (tertiary/aromatic N) is 3. The van der Waals surface area contributed by atoms with Gasteiger partial charge in [0.1, 0.15) is 5.82 Å². The van der Waals surface area contributed by atoms with Crippen molar-refractivity contribution in [3.63, 3.8) is 0 Å². The molecule has 6 nitrogen and oxygen atoms in total. The second kappa shape index (κ2) is 3.92. The van der Waals surface area contributed by atoms with E-state index >= 15 is 0 Å². The number of amides is 1. The zero-order chi connectivity index (χ0) is 12.7. The number of hydrogen-bond donors (Lipinski definition) is 2. The van der Waals surface area contributed by atoms with Crippen molar-refractivity contribution >= 4 is 28.6 Å². The number of hydrogen-bond acceptors (Lipinski definition) is 5. The summed E-state index contributed by atoms with van der Waals surface area (Å²) in [6, 6.07) is 7.34. The van der Waals surface area contributed by atoms with Gasteiger partial charge in [0.15, 0.2) is 0 Å². The quantitative estimate of drug-likeness (QED) is 0.753. The van der Waals surface area contributed by atoms with Crippen molar-refractivity contribution in [1.29, 1.82) is 0 Å². The van der Waals surface area contributed by atoms with Gasteiger partial charge in [-0.25, -0.2) is 4.98 Å². The van der Waals surface area contributed by atoms with E-state index in [-0.39, 0.29) is 24.8 Å². The average Bonchev–Trinajstić information content (AvgIpc) is 2.68. The molecule has 92 valence electrons. The van der Waals surface area contributed by atoms with E-state index in [0.29, 0.717) is 11.3 Å². The molecule has 2 heterocycles. The monoisotopic (exact) mass is 244 g/mol. The van der Waals surface area contributed by atoms with Gasteiger partial charge < -0.3 is 10.8 Å². The van der Waals surface area contributed by atoms with Crippen LogP contribution in [-0.4, -0.2) is 33.6 Å². The van der Waals surface area contributed by atoms with E-state index in [4.69, 9.17) is 5.73 Å². The highest BCUT2D eigenvalue weighted by atomic mass is 16.3. The van der Waals surface area contributed by atoms with Crippen molar-refractivity contribution in [2.45, 2.75) is 12.5 Å². The van der Waals surface area contributed by atoms with Crippen LogP contribution < -0.4 is 10.6 Å². The third-order valence-electron chi connectivity index (χ3n) is 2.97. The molecule has 3 rings (SSSR count). The summed E-state index contributed by atoms with van der Waals surface area (Å²) in [6.07, 6.45) is -0.551. The van der Waals surface area contributed by atoms with E-state index in [0.717, 1.165) is 5.39 Å². The van der Waals surface area contributed by atoms with Gasteiger partial charge in [-0.05, 0) is 12.1 Å². The molecule has 1 saturated heterocycles. The highest BCUT2D eigenvalue weighted by Gasteiger charge is 2.31. The van der Waals surface area contributed by atoms with Crippen LogP contribution in [-0.2, 0) is 4.79 Å². The first-order valence-corrected chi connectivity index (χ1v) is 5.66. The third kappa shape index (κ3) is 1.67. The smallest absolute Gasteiger partial charge is 0.234 e. The number of aliphatic hydroxyl groups excluding tert-OH is 1. The number of nitrogen functional groups attached to an aromatic ring is 1. The minimum absolute atomic E-state index is 0.107. The molecule has 0 bridgehead atoms. The maximum Gasteiger partial charge on any atom is 0.234 e. The molecule has 2 aromatic rings. The number of aromatic nitrogens is 2. The summed E-state index contributed by atoms with van der Waals surface area (Å²) < 4.78 is 0. The molecule has 1 aromatic carbocycles. The molecule has 0 radical (unpaired) electrons. The van der Waals surface area contributed by atoms with Gasteiger partial charge in [0, 0.05) is 5.39 Å². The Morgan fingerprint density at radius 3 is 2.83 bits per heavy atom. The van der Waals surface area contributed by atoms with Crippen LogP contribution in [0.2, 0.25) is 0 Å². The molecule has 0 saturated carbocycles. The predicted molar refractivity (Wildman–Crippen MR) is 66.9 cm³/mol. The number of carbonyl (C=O) groups is 1. The van der Waals surface area contributed by atoms with Crippen LogP contribution in [0.25, 0.3) is 10.9 Å². The fraction of sp³-hybridized carbons (Fsp3) is 0.250. The molecule has 0 spiro atoms. The van der Waals surface area contributed by atoms with Crippen molar-refractivity contribution in [3.8, 4) is 0 Å². The van der Waals surface area contributed by atoms with E-state index in [1.165, 1.54) is 4.90 Å². The lowest BCUT2D eigenvalue weighted by molar-refractivity contribution is -0.117. The zero-order valence-corrected chi connectivity index (χ0v) is 9.58. The summed E-state index contributed by atoms with van der Waals surface area (Å²) in [5.74, 6) is 0.412. The first kappa shape index (κ1) is 10.9. The Hall–Kier alpha value is -2.21. The first-order valence-electron chi connectivity index (χ1n) is 5.66. The molecule has 0 aliphatic carbocycles. The Balaban J connectivity index is 2.10. The molecule has 18 heavy (non-hydrogen) atoms. The van der Waals surface area contributed by atoms with Gasteiger partial charge in [0.25, 0.3) is 0 Å². The lowest BCUT2D eigenvalue weighted by atomic mass is 10.2. The molecular weight excluding hydrogens is 232 g/mol. The topological polar surface area (TPSA) is 92.3 Å². The highest BCUT2D eigenvalue weighted by Crippen LogP contribution is 2.23. The molecular formula is C12H12N4O2. The Bertz CT molecular complexity index is 629. The number of fused-ring (bicyclic) bond motifs is 1. The van der Waals surface area contributed by atoms with E-state index in [9.17, 15) is 9.90 Å². The minimum Gasteiger partial charge on any atom is -0.391 e. The van der Waals surface area contributed by atoms with E-state index < -0.39 is 6.10 Å². The first-order chi connectivity index (χ1) is 8.65. The average molecular weight is 244 g/mol. The second-order valence-electron chi connectivity index (χ2n) is 4.29. The summed E-state index contributed by atoms with van der Waals surface area (Å²) in [7, 11) is 0. The van der Waals surface area contributed by atoms with E-state index in [1.54, 1.807) is 0 Å². The molecule has 3 N–H and O–H groups in total. The standard InChI is InChI=1S/C12H12N4O2/c13-11-8-3-1-2-4-9(8)14-12(15-11)16-6-7(17)5-10(16)18/h1-4,7,17H,5-6H2,(H2,13,14,15). The lowest BCUT2D eigenvalue weighted by Gasteiger charge is -2.14. The van der Waals surface area contributed by atoms with Gasteiger partial charge in [-0.15, -0.1) is 0 Å². The van der Waals surface area contributed by atoms with Crippen LogP contribution in [0.1, 0.15) is 6.42 Å². The lowest BCUT2D eigenvalue weighted by Crippen LogP contribution is -2.27. The summed E-state index contributed by atoms with van der Waals surface area (Å²) in [4.78, 5) is 21.5. The fourth-order valence-corrected chi connectivity index (χ4v) is 2.09. The van der Waals surface area contributed by atoms with Crippen LogP contribution in [0.4, 0.5) is 11.8 Å². The molecule has 1 atom stereocenters. The third-order valence-corrected chi connectivity index (χ3v) is 2.97.